The molecule has 0 amide bonds. The third-order valence-corrected chi connectivity index (χ3v) is 4.83. The van der Waals surface area contributed by atoms with Crippen LogP contribution in [0.5, 0.6) is 0 Å². The van der Waals surface area contributed by atoms with Crippen molar-refractivity contribution in [2.45, 2.75) is 6.54 Å². The standard InChI is InChI=1S/C19H17N7O/c27-18-2-1-16(15-3-6-20-7-4-15)23-26(18)13-14-11-24(12-14)19-17-5-8-22-25(17)10-9-21-19/h1-10,14H,11-13H2. The van der Waals surface area contributed by atoms with Crippen molar-refractivity contribution < 1.29 is 0 Å². The van der Waals surface area contributed by atoms with Gasteiger partial charge in [0.15, 0.2) is 5.82 Å². The van der Waals surface area contributed by atoms with Crippen LogP contribution in [-0.4, -0.2) is 42.5 Å². The molecule has 4 aromatic heterocycles. The molecular weight excluding hydrogens is 342 g/mol. The molecule has 0 unspecified atom stereocenters. The summed E-state index contributed by atoms with van der Waals surface area (Å²) >= 11 is 0. The van der Waals surface area contributed by atoms with Crippen molar-refractivity contribution >= 4 is 11.3 Å². The summed E-state index contributed by atoms with van der Waals surface area (Å²) in [6.07, 6.45) is 8.81. The largest absolute Gasteiger partial charge is 0.354 e. The van der Waals surface area contributed by atoms with E-state index in [1.807, 2.05) is 28.9 Å². The molecule has 0 radical (unpaired) electrons. The fraction of sp³-hybridized carbons (Fsp3) is 0.211. The first-order chi connectivity index (χ1) is 13.3. The highest BCUT2D eigenvalue weighted by Crippen LogP contribution is 2.27. The highest BCUT2D eigenvalue weighted by Gasteiger charge is 2.30. The molecule has 1 aliphatic rings. The van der Waals surface area contributed by atoms with E-state index in [4.69, 9.17) is 0 Å². The third kappa shape index (κ3) is 2.84. The lowest BCUT2D eigenvalue weighted by Crippen LogP contribution is -2.50. The van der Waals surface area contributed by atoms with Gasteiger partial charge in [0.05, 0.1) is 18.4 Å². The smallest absolute Gasteiger partial charge is 0.266 e. The lowest BCUT2D eigenvalue weighted by atomic mass is 10.00. The van der Waals surface area contributed by atoms with Crippen LogP contribution in [0, 0.1) is 5.92 Å². The maximum Gasteiger partial charge on any atom is 0.266 e. The first-order valence-electron chi connectivity index (χ1n) is 8.80. The van der Waals surface area contributed by atoms with E-state index in [1.165, 1.54) is 0 Å². The van der Waals surface area contributed by atoms with Gasteiger partial charge in [0, 0.05) is 55.4 Å². The molecule has 0 bridgehead atoms. The van der Waals surface area contributed by atoms with E-state index >= 15 is 0 Å². The molecule has 1 saturated heterocycles. The van der Waals surface area contributed by atoms with Crippen molar-refractivity contribution in [3.05, 3.63) is 71.7 Å². The first kappa shape index (κ1) is 15.7. The van der Waals surface area contributed by atoms with E-state index in [0.29, 0.717) is 12.5 Å². The van der Waals surface area contributed by atoms with Gasteiger partial charge in [-0.15, -0.1) is 0 Å². The van der Waals surface area contributed by atoms with Gasteiger partial charge in [-0.3, -0.25) is 9.78 Å². The van der Waals surface area contributed by atoms with Crippen LogP contribution < -0.4 is 10.5 Å². The quantitative estimate of drug-likeness (QED) is 0.549. The van der Waals surface area contributed by atoms with Crippen LogP contribution in [0.25, 0.3) is 16.8 Å². The number of aromatic nitrogens is 6. The lowest BCUT2D eigenvalue weighted by Gasteiger charge is -2.40. The molecule has 0 atom stereocenters. The van der Waals surface area contributed by atoms with Crippen molar-refractivity contribution in [2.24, 2.45) is 5.92 Å². The monoisotopic (exact) mass is 359 g/mol. The minimum absolute atomic E-state index is 0.0812. The predicted molar refractivity (Wildman–Crippen MR) is 100 cm³/mol. The highest BCUT2D eigenvalue weighted by molar-refractivity contribution is 5.69. The molecule has 5 rings (SSSR count). The van der Waals surface area contributed by atoms with E-state index in [0.717, 1.165) is 35.7 Å². The van der Waals surface area contributed by atoms with Crippen LogP contribution in [0.2, 0.25) is 0 Å². The summed E-state index contributed by atoms with van der Waals surface area (Å²) in [5.74, 6) is 1.28. The Bertz CT molecular complexity index is 1150. The van der Waals surface area contributed by atoms with E-state index < -0.39 is 0 Å². The maximum absolute atomic E-state index is 12.2. The van der Waals surface area contributed by atoms with Crippen LogP contribution in [0.4, 0.5) is 5.82 Å². The molecule has 8 nitrogen and oxygen atoms in total. The number of pyridine rings is 1. The van der Waals surface area contributed by atoms with E-state index in [-0.39, 0.29) is 5.56 Å². The van der Waals surface area contributed by atoms with E-state index in [1.54, 1.807) is 41.6 Å². The second-order valence-corrected chi connectivity index (χ2v) is 6.66. The number of fused-ring (bicyclic) bond motifs is 1. The first-order valence-corrected chi connectivity index (χ1v) is 8.80. The molecule has 4 aromatic rings. The van der Waals surface area contributed by atoms with E-state index in [9.17, 15) is 4.79 Å². The Labute approximate surface area is 154 Å². The zero-order chi connectivity index (χ0) is 18.2. The maximum atomic E-state index is 12.2. The molecule has 27 heavy (non-hydrogen) atoms. The second-order valence-electron chi connectivity index (χ2n) is 6.66. The Hall–Kier alpha value is -3.55. The summed E-state index contributed by atoms with van der Waals surface area (Å²) in [7, 11) is 0. The molecule has 0 N–H and O–H groups in total. The Morgan fingerprint density at radius 1 is 1.00 bits per heavy atom. The number of anilines is 1. The average Bonchev–Trinajstić information content (AvgIpc) is 3.15. The van der Waals surface area contributed by atoms with Crippen LogP contribution in [0.1, 0.15) is 0 Å². The van der Waals surface area contributed by atoms with Gasteiger partial charge < -0.3 is 4.90 Å². The molecular formula is C19H17N7O. The van der Waals surface area contributed by atoms with Crippen molar-refractivity contribution in [3.8, 4) is 11.3 Å². The van der Waals surface area contributed by atoms with Gasteiger partial charge >= 0.3 is 0 Å². The predicted octanol–water partition coefficient (Wildman–Crippen LogP) is 1.48. The Morgan fingerprint density at radius 2 is 1.85 bits per heavy atom. The Kier molecular flexibility index (Phi) is 3.67. The molecule has 0 spiro atoms. The zero-order valence-corrected chi connectivity index (χ0v) is 14.5. The van der Waals surface area contributed by atoms with Crippen LogP contribution in [0.3, 0.4) is 0 Å². The van der Waals surface area contributed by atoms with Gasteiger partial charge in [-0.05, 0) is 24.3 Å². The summed E-state index contributed by atoms with van der Waals surface area (Å²) in [5.41, 5.74) is 2.64. The molecule has 8 heteroatoms. The lowest BCUT2D eigenvalue weighted by molar-refractivity contribution is 0.334. The Morgan fingerprint density at radius 3 is 2.70 bits per heavy atom. The average molecular weight is 359 g/mol. The van der Waals surface area contributed by atoms with Gasteiger partial charge in [-0.1, -0.05) is 0 Å². The van der Waals surface area contributed by atoms with Crippen LogP contribution in [-0.2, 0) is 6.54 Å². The molecule has 0 saturated carbocycles. The number of hydrogen-bond donors (Lipinski definition) is 0. The summed E-state index contributed by atoms with van der Waals surface area (Å²) in [5, 5.41) is 8.78. The fourth-order valence-corrected chi connectivity index (χ4v) is 3.45. The minimum atomic E-state index is -0.0812. The van der Waals surface area contributed by atoms with Crippen molar-refractivity contribution in [1.29, 1.82) is 0 Å². The van der Waals surface area contributed by atoms with Crippen molar-refractivity contribution in [2.75, 3.05) is 18.0 Å². The SMILES string of the molecule is O=c1ccc(-c2ccncc2)nn1CC1CN(c2nccn3nccc23)C1. The summed E-state index contributed by atoms with van der Waals surface area (Å²) < 4.78 is 3.38. The molecule has 0 aromatic carbocycles. The third-order valence-electron chi connectivity index (χ3n) is 4.83. The van der Waals surface area contributed by atoms with Crippen molar-refractivity contribution in [1.82, 2.24) is 29.4 Å². The summed E-state index contributed by atoms with van der Waals surface area (Å²) in [4.78, 5) is 22.9. The van der Waals surface area contributed by atoms with Gasteiger partial charge in [-0.2, -0.15) is 10.2 Å². The van der Waals surface area contributed by atoms with E-state index in [2.05, 4.69) is 25.1 Å². The zero-order valence-electron chi connectivity index (χ0n) is 14.5. The molecule has 1 aliphatic heterocycles. The van der Waals surface area contributed by atoms with Gasteiger partial charge in [0.1, 0.15) is 5.52 Å². The van der Waals surface area contributed by atoms with Gasteiger partial charge in [0.25, 0.3) is 5.56 Å². The summed E-state index contributed by atoms with van der Waals surface area (Å²) in [6, 6.07) is 9.07. The minimum Gasteiger partial charge on any atom is -0.354 e. The van der Waals surface area contributed by atoms with Crippen LogP contribution in [0.15, 0.2) is 66.1 Å². The Balaban J connectivity index is 1.33. The molecule has 0 aliphatic carbocycles. The normalized spacial score (nSPS) is 14.4. The number of rotatable bonds is 4. The van der Waals surface area contributed by atoms with Gasteiger partial charge in [0.2, 0.25) is 0 Å². The highest BCUT2D eigenvalue weighted by atomic mass is 16.1. The van der Waals surface area contributed by atoms with Gasteiger partial charge in [-0.25, -0.2) is 14.2 Å². The molecule has 1 fully saturated rings. The van der Waals surface area contributed by atoms with Crippen molar-refractivity contribution in [3.63, 3.8) is 0 Å². The number of hydrogen-bond acceptors (Lipinski definition) is 6. The molecule has 134 valence electrons. The molecule has 5 heterocycles. The summed E-state index contributed by atoms with van der Waals surface area (Å²) in [6.45, 7) is 2.27. The fourth-order valence-electron chi connectivity index (χ4n) is 3.45. The number of nitrogens with zero attached hydrogens (tertiary/aromatic N) is 7. The second kappa shape index (κ2) is 6.31. The topological polar surface area (TPSA) is 81.2 Å². The van der Waals surface area contributed by atoms with Crippen LogP contribution >= 0.6 is 0 Å².